The van der Waals surface area contributed by atoms with E-state index in [2.05, 4.69) is 0 Å². The zero-order valence-electron chi connectivity index (χ0n) is 23.3. The first-order valence-electron chi connectivity index (χ1n) is 11.5. The highest BCUT2D eigenvalue weighted by atomic mass is 19.4. The standard InChI is InChI=1S/C25H2F28/c26-1-2(27)3(28)4(29)5(30)6(31)7(32)8(33)9(34)10(35)11(36)12(37)13(38)14(39)15(40)16(41)17(42)18(43)19(44)20(45)21(46)22(47)23(48)24(49,50)25(51,52)53/h1H2/b3-2+,5-4+,7-6+,9-8+,11-10+,13-12+,15-14+,17-16+,19-18+,21-20+,23-22+. The molecule has 0 atom stereocenters. The van der Waals surface area contributed by atoms with Gasteiger partial charge in [-0.15, -0.1) is 0 Å². The minimum atomic E-state index is -7.12. The lowest BCUT2D eigenvalue weighted by atomic mass is 10.2. The summed E-state index contributed by atoms with van der Waals surface area (Å²) in [5.41, 5.74) is 0. The maximum absolute atomic E-state index is 13.7. The van der Waals surface area contributed by atoms with Gasteiger partial charge in [0.25, 0.3) is 0 Å². The van der Waals surface area contributed by atoms with Crippen LogP contribution in [0, 0.1) is 0 Å². The molecular formula is C25H2F28. The van der Waals surface area contributed by atoms with Crippen LogP contribution in [0.15, 0.2) is 128 Å². The second kappa shape index (κ2) is 18.3. The van der Waals surface area contributed by atoms with E-state index in [1.165, 1.54) is 0 Å². The Balaban J connectivity index is 7.27. The molecule has 0 saturated carbocycles. The van der Waals surface area contributed by atoms with Crippen molar-refractivity contribution in [2.75, 3.05) is 6.67 Å². The molecule has 0 saturated heterocycles. The van der Waals surface area contributed by atoms with Crippen LogP contribution < -0.4 is 0 Å². The third-order valence-corrected chi connectivity index (χ3v) is 4.84. The van der Waals surface area contributed by atoms with Gasteiger partial charge in [0.2, 0.25) is 105 Å². The van der Waals surface area contributed by atoms with Gasteiger partial charge in [-0.25, -0.2) is 101 Å². The third-order valence-electron chi connectivity index (χ3n) is 4.84. The van der Waals surface area contributed by atoms with Gasteiger partial charge in [0.1, 0.15) is 6.67 Å². The highest BCUT2D eigenvalue weighted by molar-refractivity contribution is 5.46. The smallest absolute Gasteiger partial charge is 0.243 e. The first-order valence-corrected chi connectivity index (χ1v) is 11.5. The lowest BCUT2D eigenvalue weighted by molar-refractivity contribution is -0.271. The first-order chi connectivity index (χ1) is 23.9. The Kier molecular flexibility index (Phi) is 16.6. The van der Waals surface area contributed by atoms with Crippen molar-refractivity contribution in [1.82, 2.24) is 0 Å². The van der Waals surface area contributed by atoms with Crippen LogP contribution in [0.1, 0.15) is 0 Å². The van der Waals surface area contributed by atoms with E-state index < -0.39 is 147 Å². The minimum absolute atomic E-state index is 2.58. The number of rotatable bonds is 12. The molecule has 0 spiro atoms. The van der Waals surface area contributed by atoms with Crippen LogP contribution in [-0.2, 0) is 0 Å². The summed E-state index contributed by atoms with van der Waals surface area (Å²) >= 11 is 0. The molecule has 298 valence electrons. The number of hydrogen-bond donors (Lipinski definition) is 0. The molecule has 0 amide bonds. The zero-order chi connectivity index (χ0) is 42.4. The van der Waals surface area contributed by atoms with Gasteiger partial charge in [-0.1, -0.05) is 0 Å². The Labute approximate surface area is 271 Å². The van der Waals surface area contributed by atoms with Gasteiger partial charge in [0.05, 0.1) is 0 Å². The van der Waals surface area contributed by atoms with Crippen molar-refractivity contribution in [3.63, 3.8) is 0 Å². The maximum Gasteiger partial charge on any atom is 0.460 e. The molecule has 0 aromatic carbocycles. The van der Waals surface area contributed by atoms with Gasteiger partial charge in [0.15, 0.2) is 23.3 Å². The normalized spacial score (nSPS) is 18.6. The Bertz CT molecular complexity index is 1850. The quantitative estimate of drug-likeness (QED) is 0.136. The molecule has 0 unspecified atom stereocenters. The van der Waals surface area contributed by atoms with E-state index in [-0.39, 0.29) is 0 Å². The van der Waals surface area contributed by atoms with Crippen molar-refractivity contribution in [3.05, 3.63) is 128 Å². The SMILES string of the molecule is FC/C(F)=C(F)/C(F)=C(F)/C(F)=C(F)/C(F)=C(F)/C(F)=C(F)/C(F)=C(F)/C(F)=C(F)/C(F)=C(F)/C(F)=C(F)/C(F)=C(F)/C(F)=C(\F)C(F)(F)C(F)(F)F. The lowest BCUT2D eigenvalue weighted by Crippen LogP contribution is -2.37. The summed E-state index contributed by atoms with van der Waals surface area (Å²) in [6.45, 7) is -2.58. The van der Waals surface area contributed by atoms with Crippen molar-refractivity contribution in [3.8, 4) is 0 Å². The zero-order valence-corrected chi connectivity index (χ0v) is 23.3. The van der Waals surface area contributed by atoms with Crippen LogP contribution in [0.2, 0.25) is 0 Å². The molecule has 0 heterocycles. The molecule has 0 rings (SSSR count). The van der Waals surface area contributed by atoms with Gasteiger partial charge in [0, 0.05) is 0 Å². The molecule has 0 aliphatic rings. The number of hydrogen-bond acceptors (Lipinski definition) is 0. The molecule has 0 aromatic heterocycles. The third kappa shape index (κ3) is 10.4. The van der Waals surface area contributed by atoms with Gasteiger partial charge in [-0.2, -0.15) is 22.0 Å². The van der Waals surface area contributed by atoms with Crippen molar-refractivity contribution >= 4 is 0 Å². The topological polar surface area (TPSA) is 0 Å². The largest absolute Gasteiger partial charge is 0.460 e. The summed E-state index contributed by atoms with van der Waals surface area (Å²) in [7, 11) is 0. The number of allylic oxidation sites excluding steroid dienone is 22. The molecule has 28 heteroatoms. The second-order valence-electron chi connectivity index (χ2n) is 8.20. The molecule has 0 aliphatic heterocycles. The van der Waals surface area contributed by atoms with E-state index in [4.69, 9.17) is 0 Å². The average Bonchev–Trinajstić information content (AvgIpc) is 3.13. The Morgan fingerprint density at radius 3 is 0.547 bits per heavy atom. The molecular weight excluding hydrogens is 832 g/mol. The summed E-state index contributed by atoms with van der Waals surface area (Å²) < 4.78 is 369. The van der Waals surface area contributed by atoms with Gasteiger partial charge < -0.3 is 0 Å². The summed E-state index contributed by atoms with van der Waals surface area (Å²) in [5.74, 6) is -94.9. The molecule has 0 N–H and O–H groups in total. The van der Waals surface area contributed by atoms with Crippen LogP contribution in [-0.4, -0.2) is 18.8 Å². The van der Waals surface area contributed by atoms with E-state index in [1.807, 2.05) is 0 Å². The van der Waals surface area contributed by atoms with E-state index in [0.717, 1.165) is 0 Å². The molecule has 0 nitrogen and oxygen atoms in total. The highest BCUT2D eigenvalue weighted by Crippen LogP contribution is 2.45. The van der Waals surface area contributed by atoms with Crippen molar-refractivity contribution in [2.24, 2.45) is 0 Å². The van der Waals surface area contributed by atoms with Crippen LogP contribution in [0.5, 0.6) is 0 Å². The molecule has 0 aliphatic carbocycles. The van der Waals surface area contributed by atoms with Crippen LogP contribution in [0.4, 0.5) is 123 Å². The van der Waals surface area contributed by atoms with E-state index in [0.29, 0.717) is 0 Å². The molecule has 53 heavy (non-hydrogen) atoms. The predicted molar refractivity (Wildman–Crippen MR) is 119 cm³/mol. The van der Waals surface area contributed by atoms with E-state index >= 15 is 0 Å². The van der Waals surface area contributed by atoms with Crippen LogP contribution in [0.3, 0.4) is 0 Å². The average molecular weight is 834 g/mol. The Morgan fingerprint density at radius 1 is 0.245 bits per heavy atom. The summed E-state index contributed by atoms with van der Waals surface area (Å²) in [5, 5.41) is 0. The number of alkyl halides is 6. The van der Waals surface area contributed by atoms with Gasteiger partial charge in [-0.3, -0.25) is 0 Å². The van der Waals surface area contributed by atoms with E-state index in [9.17, 15) is 123 Å². The maximum atomic E-state index is 13.7. The fourth-order valence-corrected chi connectivity index (χ4v) is 2.27. The lowest BCUT2D eigenvalue weighted by Gasteiger charge is -2.17. The molecule has 0 bridgehead atoms. The predicted octanol–water partition coefficient (Wildman–Crippen LogP) is 14.8. The minimum Gasteiger partial charge on any atom is -0.243 e. The monoisotopic (exact) mass is 834 g/mol. The van der Waals surface area contributed by atoms with E-state index in [1.54, 1.807) is 0 Å². The van der Waals surface area contributed by atoms with Crippen LogP contribution >= 0.6 is 0 Å². The molecule has 0 aromatic rings. The Morgan fingerprint density at radius 2 is 0.396 bits per heavy atom. The highest BCUT2D eigenvalue weighted by Gasteiger charge is 2.63. The molecule has 0 fully saturated rings. The van der Waals surface area contributed by atoms with Crippen molar-refractivity contribution < 1.29 is 123 Å². The summed E-state index contributed by atoms with van der Waals surface area (Å²) in [4.78, 5) is 0. The fourth-order valence-electron chi connectivity index (χ4n) is 2.27. The first kappa shape index (κ1) is 48.2. The van der Waals surface area contributed by atoms with Crippen molar-refractivity contribution in [2.45, 2.75) is 12.1 Å². The summed E-state index contributed by atoms with van der Waals surface area (Å²) in [6, 6.07) is 0. The van der Waals surface area contributed by atoms with Gasteiger partial charge >= 0.3 is 12.1 Å². The second-order valence-corrected chi connectivity index (χ2v) is 8.20. The fraction of sp³-hybridized carbons (Fsp3) is 0.120. The van der Waals surface area contributed by atoms with Gasteiger partial charge in [-0.05, 0) is 0 Å². The van der Waals surface area contributed by atoms with Crippen LogP contribution in [0.25, 0.3) is 0 Å². The van der Waals surface area contributed by atoms with Crippen molar-refractivity contribution in [1.29, 1.82) is 0 Å². The molecule has 0 radical (unpaired) electrons. The Hall–Kier alpha value is -4.82. The number of halogens is 28. The summed E-state index contributed by atoms with van der Waals surface area (Å²) in [6.07, 6.45) is -7.12.